The topological polar surface area (TPSA) is 94.2 Å². The Morgan fingerprint density at radius 1 is 1.10 bits per heavy atom. The number of piperidine rings is 1. The molecule has 2 fully saturated rings. The van der Waals surface area contributed by atoms with E-state index in [1.54, 1.807) is 20.8 Å². The summed E-state index contributed by atoms with van der Waals surface area (Å²) in [4.78, 5) is 39.4. The molecule has 1 heterocycles. The standard InChI is InChI=1S/C22H30N2O6/c1-20(2,3)30-18(26)23-22-11-10-21(13-22,17(25)28-4)14-24(15-22)19(27)29-12-16-8-6-5-7-9-16/h5-9H,10-15H2,1-4H3,(H,23,26). The van der Waals surface area contributed by atoms with E-state index in [2.05, 4.69) is 5.32 Å². The summed E-state index contributed by atoms with van der Waals surface area (Å²) in [5.74, 6) is -0.379. The van der Waals surface area contributed by atoms with Crippen LogP contribution in [0, 0.1) is 5.41 Å². The van der Waals surface area contributed by atoms with Crippen molar-refractivity contribution in [2.24, 2.45) is 5.41 Å². The zero-order valence-electron chi connectivity index (χ0n) is 18.0. The van der Waals surface area contributed by atoms with Crippen LogP contribution in [0.3, 0.4) is 0 Å². The Morgan fingerprint density at radius 2 is 1.80 bits per heavy atom. The lowest BCUT2D eigenvalue weighted by atomic mass is 9.79. The number of amides is 2. The van der Waals surface area contributed by atoms with E-state index in [4.69, 9.17) is 14.2 Å². The fraction of sp³-hybridized carbons (Fsp3) is 0.591. The monoisotopic (exact) mass is 418 g/mol. The molecule has 2 bridgehead atoms. The molecule has 1 aromatic rings. The Bertz CT molecular complexity index is 806. The zero-order valence-corrected chi connectivity index (χ0v) is 18.0. The number of hydrogen-bond acceptors (Lipinski definition) is 6. The fourth-order valence-corrected chi connectivity index (χ4v) is 4.42. The zero-order chi connectivity index (χ0) is 22.0. The molecule has 1 N–H and O–H groups in total. The molecule has 0 radical (unpaired) electrons. The molecule has 1 aromatic carbocycles. The van der Waals surface area contributed by atoms with Crippen molar-refractivity contribution in [3.63, 3.8) is 0 Å². The van der Waals surface area contributed by atoms with E-state index in [1.165, 1.54) is 12.0 Å². The van der Waals surface area contributed by atoms with Crippen LogP contribution < -0.4 is 5.32 Å². The smallest absolute Gasteiger partial charge is 0.410 e. The molecule has 1 saturated heterocycles. The maximum Gasteiger partial charge on any atom is 0.410 e. The van der Waals surface area contributed by atoms with Crippen LogP contribution in [0.15, 0.2) is 30.3 Å². The number of benzene rings is 1. The van der Waals surface area contributed by atoms with Gasteiger partial charge in [-0.2, -0.15) is 0 Å². The second-order valence-corrected chi connectivity index (χ2v) is 9.25. The Labute approximate surface area is 176 Å². The van der Waals surface area contributed by atoms with Gasteiger partial charge in [-0.05, 0) is 45.6 Å². The lowest BCUT2D eigenvalue weighted by Crippen LogP contribution is -2.62. The number of ether oxygens (including phenoxy) is 3. The summed E-state index contributed by atoms with van der Waals surface area (Å²) in [5, 5.41) is 2.92. The van der Waals surface area contributed by atoms with Gasteiger partial charge in [0, 0.05) is 13.1 Å². The number of rotatable bonds is 4. The number of alkyl carbamates (subject to hydrolysis) is 1. The van der Waals surface area contributed by atoms with Gasteiger partial charge in [0.05, 0.1) is 18.1 Å². The number of fused-ring (bicyclic) bond motifs is 2. The average molecular weight is 418 g/mol. The second-order valence-electron chi connectivity index (χ2n) is 9.25. The molecule has 30 heavy (non-hydrogen) atoms. The first kappa shape index (κ1) is 21.9. The first-order chi connectivity index (χ1) is 14.1. The van der Waals surface area contributed by atoms with Crippen LogP contribution in [-0.4, -0.2) is 54.4 Å². The van der Waals surface area contributed by atoms with Crippen molar-refractivity contribution in [3.8, 4) is 0 Å². The molecule has 2 amide bonds. The van der Waals surface area contributed by atoms with Crippen molar-refractivity contribution in [2.45, 2.75) is 57.8 Å². The highest BCUT2D eigenvalue weighted by atomic mass is 16.6. The van der Waals surface area contributed by atoms with Crippen LogP contribution in [-0.2, 0) is 25.6 Å². The lowest BCUT2D eigenvalue weighted by Gasteiger charge is -2.43. The maximum absolute atomic E-state index is 12.8. The number of esters is 1. The number of hydrogen-bond donors (Lipinski definition) is 1. The number of carbonyl (C=O) groups is 3. The normalized spacial score (nSPS) is 25.4. The van der Waals surface area contributed by atoms with Crippen LogP contribution >= 0.6 is 0 Å². The van der Waals surface area contributed by atoms with Crippen molar-refractivity contribution in [2.75, 3.05) is 20.2 Å². The summed E-state index contributed by atoms with van der Waals surface area (Å²) < 4.78 is 15.9. The summed E-state index contributed by atoms with van der Waals surface area (Å²) in [7, 11) is 1.34. The molecule has 164 valence electrons. The van der Waals surface area contributed by atoms with Crippen molar-refractivity contribution < 1.29 is 28.6 Å². The number of carbonyl (C=O) groups excluding carboxylic acids is 3. The van der Waals surface area contributed by atoms with Crippen molar-refractivity contribution in [1.82, 2.24) is 10.2 Å². The average Bonchev–Trinajstić information content (AvgIpc) is 2.95. The van der Waals surface area contributed by atoms with Crippen LogP contribution in [0.5, 0.6) is 0 Å². The van der Waals surface area contributed by atoms with Crippen molar-refractivity contribution in [1.29, 1.82) is 0 Å². The molecule has 8 nitrogen and oxygen atoms in total. The van der Waals surface area contributed by atoms with Gasteiger partial charge in [-0.3, -0.25) is 4.79 Å². The largest absolute Gasteiger partial charge is 0.469 e. The fourth-order valence-electron chi connectivity index (χ4n) is 4.42. The van der Waals surface area contributed by atoms with Crippen LogP contribution in [0.1, 0.15) is 45.6 Å². The number of likely N-dealkylation sites (tertiary alicyclic amines) is 1. The third-order valence-corrected chi connectivity index (χ3v) is 5.59. The molecule has 2 unspecified atom stereocenters. The Kier molecular flexibility index (Phi) is 5.97. The maximum atomic E-state index is 12.8. The SMILES string of the molecule is COC(=O)C12CCC(NC(=O)OC(C)(C)C)(CN(C(=O)OCc3ccccc3)C1)C2. The predicted octanol–water partition coefficient (Wildman–Crippen LogP) is 3.25. The molecular weight excluding hydrogens is 388 g/mol. The minimum atomic E-state index is -0.867. The summed E-state index contributed by atoms with van der Waals surface area (Å²) in [5.41, 5.74) is -1.41. The Balaban J connectivity index is 1.75. The lowest BCUT2D eigenvalue weighted by molar-refractivity contribution is -0.155. The van der Waals surface area contributed by atoms with Gasteiger partial charge in [0.2, 0.25) is 0 Å². The summed E-state index contributed by atoms with van der Waals surface area (Å²) in [6.45, 7) is 5.93. The van der Waals surface area contributed by atoms with E-state index < -0.39 is 28.7 Å². The van der Waals surface area contributed by atoms with Crippen molar-refractivity contribution >= 4 is 18.2 Å². The van der Waals surface area contributed by atoms with Gasteiger partial charge < -0.3 is 24.4 Å². The minimum absolute atomic E-state index is 0.133. The first-order valence-corrected chi connectivity index (χ1v) is 10.1. The van der Waals surface area contributed by atoms with E-state index in [9.17, 15) is 14.4 Å². The minimum Gasteiger partial charge on any atom is -0.469 e. The van der Waals surface area contributed by atoms with E-state index in [-0.39, 0.29) is 25.7 Å². The predicted molar refractivity (Wildman–Crippen MR) is 109 cm³/mol. The third-order valence-electron chi connectivity index (χ3n) is 5.59. The highest BCUT2D eigenvalue weighted by molar-refractivity contribution is 5.80. The molecule has 3 rings (SSSR count). The number of nitrogens with one attached hydrogen (secondary N) is 1. The highest BCUT2D eigenvalue weighted by Crippen LogP contribution is 2.49. The van der Waals surface area contributed by atoms with E-state index in [0.29, 0.717) is 19.3 Å². The van der Waals surface area contributed by atoms with Gasteiger partial charge in [-0.1, -0.05) is 30.3 Å². The van der Waals surface area contributed by atoms with Crippen LogP contribution in [0.2, 0.25) is 0 Å². The summed E-state index contributed by atoms with van der Waals surface area (Å²) in [6.07, 6.45) is 0.364. The number of methoxy groups -OCH3 is 1. The Morgan fingerprint density at radius 3 is 2.43 bits per heavy atom. The van der Waals surface area contributed by atoms with Gasteiger partial charge in [-0.15, -0.1) is 0 Å². The van der Waals surface area contributed by atoms with Crippen molar-refractivity contribution in [3.05, 3.63) is 35.9 Å². The summed E-state index contributed by atoms with van der Waals surface area (Å²) in [6, 6.07) is 9.37. The molecule has 2 atom stereocenters. The summed E-state index contributed by atoms with van der Waals surface area (Å²) >= 11 is 0. The molecule has 8 heteroatoms. The second kappa shape index (κ2) is 8.16. The van der Waals surface area contributed by atoms with Gasteiger partial charge in [0.25, 0.3) is 0 Å². The molecular formula is C22H30N2O6. The van der Waals surface area contributed by atoms with Gasteiger partial charge in [0.1, 0.15) is 12.2 Å². The molecule has 1 aliphatic heterocycles. The van der Waals surface area contributed by atoms with E-state index in [0.717, 1.165) is 5.56 Å². The molecule has 0 spiro atoms. The van der Waals surface area contributed by atoms with E-state index in [1.807, 2.05) is 30.3 Å². The van der Waals surface area contributed by atoms with E-state index >= 15 is 0 Å². The van der Waals surface area contributed by atoms with Gasteiger partial charge >= 0.3 is 18.2 Å². The third kappa shape index (κ3) is 4.86. The van der Waals surface area contributed by atoms with Crippen LogP contribution in [0.4, 0.5) is 9.59 Å². The number of nitrogens with zero attached hydrogens (tertiary/aromatic N) is 1. The Hall–Kier alpha value is -2.77. The molecule has 2 aliphatic rings. The first-order valence-electron chi connectivity index (χ1n) is 10.1. The molecule has 1 aliphatic carbocycles. The molecule has 0 aromatic heterocycles. The van der Waals surface area contributed by atoms with Crippen LogP contribution in [0.25, 0.3) is 0 Å². The van der Waals surface area contributed by atoms with Gasteiger partial charge in [0.15, 0.2) is 0 Å². The molecule has 1 saturated carbocycles. The quantitative estimate of drug-likeness (QED) is 0.596. The highest BCUT2D eigenvalue weighted by Gasteiger charge is 2.60. The van der Waals surface area contributed by atoms with Gasteiger partial charge in [-0.25, -0.2) is 9.59 Å².